The van der Waals surface area contributed by atoms with Crippen molar-refractivity contribution in [2.45, 2.75) is 38.3 Å². The molecule has 21 heavy (non-hydrogen) atoms. The molecule has 0 spiro atoms. The Bertz CT molecular complexity index is 531. The van der Waals surface area contributed by atoms with Gasteiger partial charge in [-0.25, -0.2) is 4.98 Å². The predicted octanol–water partition coefficient (Wildman–Crippen LogP) is 1.11. The normalized spacial score (nSPS) is 21.2. The standard InChI is InChI=1S/C16H20N2O3/c1-12-10-14(7-9-21-12)18-16(20)15-6-5-13(11-17-15)4-2-3-8-19/h5-6,11-12,14,19H,3,7-10H2,1H3,(H,18,20). The molecule has 1 aliphatic heterocycles. The van der Waals surface area contributed by atoms with Gasteiger partial charge < -0.3 is 15.2 Å². The van der Waals surface area contributed by atoms with Gasteiger partial charge in [0.15, 0.2) is 0 Å². The summed E-state index contributed by atoms with van der Waals surface area (Å²) in [5.41, 5.74) is 1.13. The predicted molar refractivity (Wildman–Crippen MR) is 78.7 cm³/mol. The summed E-state index contributed by atoms with van der Waals surface area (Å²) in [6.45, 7) is 2.74. The van der Waals surface area contributed by atoms with Gasteiger partial charge in [-0.2, -0.15) is 0 Å². The third-order valence-electron chi connectivity index (χ3n) is 3.29. The van der Waals surface area contributed by atoms with Crippen LogP contribution in [-0.2, 0) is 4.74 Å². The number of aliphatic hydroxyl groups excluding tert-OH is 1. The van der Waals surface area contributed by atoms with E-state index in [1.54, 1.807) is 18.3 Å². The molecular formula is C16H20N2O3. The van der Waals surface area contributed by atoms with Gasteiger partial charge >= 0.3 is 0 Å². The molecule has 2 unspecified atom stereocenters. The molecule has 5 heteroatoms. The maximum absolute atomic E-state index is 12.1. The van der Waals surface area contributed by atoms with Gasteiger partial charge in [-0.05, 0) is 31.9 Å². The van der Waals surface area contributed by atoms with Crippen molar-refractivity contribution in [2.75, 3.05) is 13.2 Å². The molecule has 1 aromatic heterocycles. The van der Waals surface area contributed by atoms with Gasteiger partial charge in [0.25, 0.3) is 5.91 Å². The number of pyridine rings is 1. The smallest absolute Gasteiger partial charge is 0.270 e. The van der Waals surface area contributed by atoms with Crippen LogP contribution in [0.25, 0.3) is 0 Å². The van der Waals surface area contributed by atoms with E-state index in [1.807, 2.05) is 6.92 Å². The fraction of sp³-hybridized carbons (Fsp3) is 0.500. The van der Waals surface area contributed by atoms with E-state index in [2.05, 4.69) is 22.1 Å². The van der Waals surface area contributed by atoms with Crippen LogP contribution in [-0.4, -0.2) is 41.4 Å². The molecular weight excluding hydrogens is 268 g/mol. The van der Waals surface area contributed by atoms with Gasteiger partial charge in [0.1, 0.15) is 5.69 Å². The highest BCUT2D eigenvalue weighted by atomic mass is 16.5. The zero-order valence-corrected chi connectivity index (χ0v) is 12.1. The zero-order chi connectivity index (χ0) is 15.1. The minimum Gasteiger partial charge on any atom is -0.395 e. The van der Waals surface area contributed by atoms with E-state index < -0.39 is 0 Å². The molecule has 0 radical (unpaired) electrons. The number of hydrogen-bond acceptors (Lipinski definition) is 4. The highest BCUT2D eigenvalue weighted by molar-refractivity contribution is 5.92. The van der Waals surface area contributed by atoms with Crippen molar-refractivity contribution in [1.82, 2.24) is 10.3 Å². The van der Waals surface area contributed by atoms with Crippen molar-refractivity contribution in [1.29, 1.82) is 0 Å². The number of nitrogens with zero attached hydrogens (tertiary/aromatic N) is 1. The van der Waals surface area contributed by atoms with E-state index in [9.17, 15) is 4.79 Å². The van der Waals surface area contributed by atoms with Crippen LogP contribution < -0.4 is 5.32 Å². The van der Waals surface area contributed by atoms with Crippen LogP contribution in [0, 0.1) is 11.8 Å². The highest BCUT2D eigenvalue weighted by Crippen LogP contribution is 2.13. The van der Waals surface area contributed by atoms with Gasteiger partial charge in [-0.3, -0.25) is 4.79 Å². The third kappa shape index (κ3) is 4.85. The number of aromatic nitrogens is 1. The van der Waals surface area contributed by atoms with E-state index in [1.165, 1.54) is 0 Å². The molecule has 2 rings (SSSR count). The summed E-state index contributed by atoms with van der Waals surface area (Å²) >= 11 is 0. The summed E-state index contributed by atoms with van der Waals surface area (Å²) in [5, 5.41) is 11.6. The Morgan fingerprint density at radius 2 is 2.43 bits per heavy atom. The van der Waals surface area contributed by atoms with E-state index >= 15 is 0 Å². The average molecular weight is 288 g/mol. The zero-order valence-electron chi connectivity index (χ0n) is 12.1. The van der Waals surface area contributed by atoms with Gasteiger partial charge in [-0.1, -0.05) is 11.8 Å². The number of ether oxygens (including phenoxy) is 1. The number of amides is 1. The lowest BCUT2D eigenvalue weighted by molar-refractivity contribution is 0.0136. The number of aliphatic hydroxyl groups is 1. The molecule has 1 amide bonds. The lowest BCUT2D eigenvalue weighted by Gasteiger charge is -2.27. The van der Waals surface area contributed by atoms with Crippen LogP contribution in [0.2, 0.25) is 0 Å². The summed E-state index contributed by atoms with van der Waals surface area (Å²) in [7, 11) is 0. The Labute approximate surface area is 124 Å². The molecule has 1 saturated heterocycles. The van der Waals surface area contributed by atoms with Crippen molar-refractivity contribution in [3.8, 4) is 11.8 Å². The van der Waals surface area contributed by atoms with Crippen LogP contribution in [0.5, 0.6) is 0 Å². The van der Waals surface area contributed by atoms with Crippen molar-refractivity contribution in [3.63, 3.8) is 0 Å². The Morgan fingerprint density at radius 3 is 3.10 bits per heavy atom. The van der Waals surface area contributed by atoms with E-state index in [0.29, 0.717) is 18.7 Å². The first-order valence-electron chi connectivity index (χ1n) is 7.17. The third-order valence-corrected chi connectivity index (χ3v) is 3.29. The Balaban J connectivity index is 1.92. The van der Waals surface area contributed by atoms with Crippen molar-refractivity contribution in [2.24, 2.45) is 0 Å². The molecule has 1 aromatic rings. The van der Waals surface area contributed by atoms with Gasteiger partial charge in [0, 0.05) is 30.8 Å². The minimum atomic E-state index is -0.163. The Morgan fingerprint density at radius 1 is 1.57 bits per heavy atom. The molecule has 5 nitrogen and oxygen atoms in total. The molecule has 2 heterocycles. The van der Waals surface area contributed by atoms with Crippen molar-refractivity contribution < 1.29 is 14.6 Å². The quantitative estimate of drug-likeness (QED) is 0.817. The molecule has 1 aliphatic rings. The van der Waals surface area contributed by atoms with Crippen molar-refractivity contribution in [3.05, 3.63) is 29.6 Å². The summed E-state index contributed by atoms with van der Waals surface area (Å²) in [6, 6.07) is 3.58. The maximum Gasteiger partial charge on any atom is 0.270 e. The van der Waals surface area contributed by atoms with Gasteiger partial charge in [-0.15, -0.1) is 0 Å². The second-order valence-corrected chi connectivity index (χ2v) is 5.08. The molecule has 2 atom stereocenters. The molecule has 1 fully saturated rings. The number of carbonyl (C=O) groups is 1. The second-order valence-electron chi connectivity index (χ2n) is 5.08. The highest BCUT2D eigenvalue weighted by Gasteiger charge is 2.21. The number of nitrogens with one attached hydrogen (secondary N) is 1. The van der Waals surface area contributed by atoms with Crippen LogP contribution in [0.3, 0.4) is 0 Å². The SMILES string of the molecule is CC1CC(NC(=O)c2ccc(C#CCCO)cn2)CCO1. The maximum atomic E-state index is 12.1. The fourth-order valence-corrected chi connectivity index (χ4v) is 2.21. The summed E-state index contributed by atoms with van der Waals surface area (Å²) in [6.07, 6.45) is 3.86. The van der Waals surface area contributed by atoms with Gasteiger partial charge in [0.2, 0.25) is 0 Å². The average Bonchev–Trinajstić information content (AvgIpc) is 2.48. The number of hydrogen-bond donors (Lipinski definition) is 2. The number of rotatable bonds is 3. The van der Waals surface area contributed by atoms with E-state index in [4.69, 9.17) is 9.84 Å². The van der Waals surface area contributed by atoms with E-state index in [0.717, 1.165) is 18.4 Å². The second kappa shape index (κ2) is 7.77. The minimum absolute atomic E-state index is 0.0461. The van der Waals surface area contributed by atoms with Crippen LogP contribution in [0.1, 0.15) is 42.2 Å². The first-order valence-corrected chi connectivity index (χ1v) is 7.17. The van der Waals surface area contributed by atoms with Crippen LogP contribution >= 0.6 is 0 Å². The number of carbonyl (C=O) groups excluding carboxylic acids is 1. The summed E-state index contributed by atoms with van der Waals surface area (Å²) in [4.78, 5) is 16.2. The molecule has 2 N–H and O–H groups in total. The summed E-state index contributed by atoms with van der Waals surface area (Å²) < 4.78 is 5.46. The molecule has 0 bridgehead atoms. The van der Waals surface area contributed by atoms with E-state index in [-0.39, 0.29) is 24.7 Å². The fourth-order valence-electron chi connectivity index (χ4n) is 2.21. The topological polar surface area (TPSA) is 71.5 Å². The molecule has 112 valence electrons. The monoisotopic (exact) mass is 288 g/mol. The molecule has 0 aromatic carbocycles. The van der Waals surface area contributed by atoms with Gasteiger partial charge in [0.05, 0.1) is 12.7 Å². The van der Waals surface area contributed by atoms with Crippen LogP contribution in [0.4, 0.5) is 0 Å². The Hall–Kier alpha value is -1.90. The van der Waals surface area contributed by atoms with Crippen LogP contribution in [0.15, 0.2) is 18.3 Å². The Kier molecular flexibility index (Phi) is 5.73. The lowest BCUT2D eigenvalue weighted by Crippen LogP contribution is -2.41. The summed E-state index contributed by atoms with van der Waals surface area (Å²) in [5.74, 6) is 5.53. The lowest BCUT2D eigenvalue weighted by atomic mass is 10.0. The largest absolute Gasteiger partial charge is 0.395 e. The molecule has 0 saturated carbocycles. The first-order chi connectivity index (χ1) is 10.2. The van der Waals surface area contributed by atoms with Crippen molar-refractivity contribution >= 4 is 5.91 Å². The first kappa shape index (κ1) is 15.5. The molecule has 0 aliphatic carbocycles.